The molecule has 0 saturated carbocycles. The second kappa shape index (κ2) is 7.08. The topological polar surface area (TPSA) is 77.4 Å². The summed E-state index contributed by atoms with van der Waals surface area (Å²) in [7, 11) is 2.96. The van der Waals surface area contributed by atoms with Gasteiger partial charge in [0.2, 0.25) is 5.75 Å². The average Bonchev–Trinajstić information content (AvgIpc) is 3.13. The molecule has 0 atom stereocenters. The third-order valence-electron chi connectivity index (χ3n) is 4.73. The second-order valence-corrected chi connectivity index (χ2v) is 6.24. The first kappa shape index (κ1) is 17.6. The van der Waals surface area contributed by atoms with Gasteiger partial charge in [-0.1, -0.05) is 60.7 Å². The molecule has 0 aliphatic rings. The molecule has 1 aromatic heterocycles. The van der Waals surface area contributed by atoms with E-state index < -0.39 is 4.92 Å². The molecule has 6 heteroatoms. The molecule has 0 amide bonds. The number of nitro benzene ring substituents is 1. The molecule has 3 aromatic carbocycles. The van der Waals surface area contributed by atoms with Crippen molar-refractivity contribution in [1.29, 1.82) is 0 Å². The quantitative estimate of drug-likeness (QED) is 0.373. The summed E-state index contributed by atoms with van der Waals surface area (Å²) in [5, 5.41) is 12.5. The fraction of sp³-hybridized carbons (Fsp3) is 0.0909. The number of rotatable bonds is 5. The van der Waals surface area contributed by atoms with E-state index >= 15 is 0 Å². The summed E-state index contributed by atoms with van der Waals surface area (Å²) >= 11 is 0. The Balaban J connectivity index is 2.20. The van der Waals surface area contributed by atoms with Gasteiger partial charge < -0.3 is 14.5 Å². The fourth-order valence-electron chi connectivity index (χ4n) is 3.52. The molecule has 140 valence electrons. The van der Waals surface area contributed by atoms with Crippen molar-refractivity contribution in [3.05, 3.63) is 76.8 Å². The lowest BCUT2D eigenvalue weighted by atomic mass is 9.97. The van der Waals surface area contributed by atoms with Crippen molar-refractivity contribution in [2.75, 3.05) is 14.2 Å². The molecular formula is C22H18N2O4. The standard InChI is InChI=1S/C22H18N2O4/c1-27-16-13-17(28-2)22(24(25)26)21-19(16)18(14-9-5-3-6-10-14)20(23-21)15-11-7-4-8-12-15/h3-13,23H,1-2H3. The molecule has 0 fully saturated rings. The van der Waals surface area contributed by atoms with Crippen LogP contribution in [0.5, 0.6) is 11.5 Å². The van der Waals surface area contributed by atoms with Gasteiger partial charge in [0.1, 0.15) is 11.3 Å². The van der Waals surface area contributed by atoms with Crippen LogP contribution >= 0.6 is 0 Å². The maximum absolute atomic E-state index is 11.9. The first-order valence-electron chi connectivity index (χ1n) is 8.71. The molecule has 0 saturated heterocycles. The van der Waals surface area contributed by atoms with Crippen LogP contribution in [0.4, 0.5) is 5.69 Å². The van der Waals surface area contributed by atoms with Crippen molar-refractivity contribution in [3.63, 3.8) is 0 Å². The van der Waals surface area contributed by atoms with E-state index in [0.717, 1.165) is 22.4 Å². The summed E-state index contributed by atoms with van der Waals surface area (Å²) in [4.78, 5) is 14.7. The van der Waals surface area contributed by atoms with E-state index in [4.69, 9.17) is 9.47 Å². The zero-order valence-corrected chi connectivity index (χ0v) is 15.4. The molecule has 28 heavy (non-hydrogen) atoms. The largest absolute Gasteiger partial charge is 0.496 e. The Kier molecular flexibility index (Phi) is 4.45. The van der Waals surface area contributed by atoms with Crippen molar-refractivity contribution in [3.8, 4) is 33.9 Å². The monoisotopic (exact) mass is 374 g/mol. The number of ether oxygens (including phenoxy) is 2. The minimum absolute atomic E-state index is 0.113. The van der Waals surface area contributed by atoms with Gasteiger partial charge in [0.05, 0.1) is 30.2 Å². The lowest BCUT2D eigenvalue weighted by Gasteiger charge is -2.10. The van der Waals surface area contributed by atoms with Gasteiger partial charge in [-0.3, -0.25) is 10.1 Å². The minimum atomic E-state index is -0.430. The SMILES string of the molecule is COc1cc(OC)c2c(-c3ccccc3)c(-c3ccccc3)[nH]c2c1[N+](=O)[O-]. The van der Waals surface area contributed by atoms with E-state index in [2.05, 4.69) is 4.98 Å². The lowest BCUT2D eigenvalue weighted by Crippen LogP contribution is -1.97. The summed E-state index contributed by atoms with van der Waals surface area (Å²) in [5.74, 6) is 0.657. The minimum Gasteiger partial charge on any atom is -0.496 e. The maximum atomic E-state index is 11.9. The molecule has 0 aliphatic heterocycles. The van der Waals surface area contributed by atoms with Crippen LogP contribution in [0.1, 0.15) is 0 Å². The zero-order valence-electron chi connectivity index (χ0n) is 15.4. The van der Waals surface area contributed by atoms with Crippen LogP contribution in [-0.4, -0.2) is 24.1 Å². The summed E-state index contributed by atoms with van der Waals surface area (Å²) in [6, 6.07) is 21.1. The Morgan fingerprint density at radius 3 is 1.96 bits per heavy atom. The van der Waals surface area contributed by atoms with Gasteiger partial charge in [-0.2, -0.15) is 0 Å². The number of fused-ring (bicyclic) bond motifs is 1. The van der Waals surface area contributed by atoms with Crippen molar-refractivity contribution >= 4 is 16.6 Å². The van der Waals surface area contributed by atoms with Crippen LogP contribution in [0, 0.1) is 10.1 Å². The van der Waals surface area contributed by atoms with Gasteiger partial charge in [0.15, 0.2) is 0 Å². The van der Waals surface area contributed by atoms with E-state index in [1.165, 1.54) is 7.11 Å². The van der Waals surface area contributed by atoms with Crippen LogP contribution in [0.15, 0.2) is 66.7 Å². The number of aromatic nitrogens is 1. The average molecular weight is 374 g/mol. The molecule has 0 aliphatic carbocycles. The molecule has 4 rings (SSSR count). The number of nitrogens with one attached hydrogen (secondary N) is 1. The van der Waals surface area contributed by atoms with E-state index in [-0.39, 0.29) is 11.4 Å². The number of nitrogens with zero attached hydrogens (tertiary/aromatic N) is 1. The Hall–Kier alpha value is -3.80. The van der Waals surface area contributed by atoms with Crippen LogP contribution in [-0.2, 0) is 0 Å². The number of H-pyrrole nitrogens is 1. The maximum Gasteiger partial charge on any atom is 0.335 e. The van der Waals surface area contributed by atoms with Gasteiger partial charge in [-0.05, 0) is 11.1 Å². The highest BCUT2D eigenvalue weighted by atomic mass is 16.6. The molecule has 0 bridgehead atoms. The van der Waals surface area contributed by atoms with Crippen LogP contribution in [0.2, 0.25) is 0 Å². The van der Waals surface area contributed by atoms with Crippen LogP contribution < -0.4 is 9.47 Å². The summed E-state index contributed by atoms with van der Waals surface area (Å²) < 4.78 is 10.9. The summed E-state index contributed by atoms with van der Waals surface area (Å²) in [6.45, 7) is 0. The molecule has 1 N–H and O–H groups in total. The highest BCUT2D eigenvalue weighted by Gasteiger charge is 2.29. The van der Waals surface area contributed by atoms with Gasteiger partial charge in [0.25, 0.3) is 0 Å². The second-order valence-electron chi connectivity index (χ2n) is 6.24. The van der Waals surface area contributed by atoms with E-state index in [1.807, 2.05) is 60.7 Å². The molecule has 0 spiro atoms. The third-order valence-corrected chi connectivity index (χ3v) is 4.73. The van der Waals surface area contributed by atoms with Gasteiger partial charge >= 0.3 is 5.69 Å². The molecule has 1 heterocycles. The lowest BCUT2D eigenvalue weighted by molar-refractivity contribution is -0.384. The number of benzene rings is 3. The molecule has 0 radical (unpaired) electrons. The van der Waals surface area contributed by atoms with Crippen molar-refractivity contribution in [2.24, 2.45) is 0 Å². The molecule has 0 unspecified atom stereocenters. The van der Waals surface area contributed by atoms with Gasteiger partial charge in [-0.15, -0.1) is 0 Å². The predicted octanol–water partition coefficient (Wildman–Crippen LogP) is 5.43. The summed E-state index contributed by atoms with van der Waals surface area (Å²) in [6.07, 6.45) is 0. The number of hydrogen-bond acceptors (Lipinski definition) is 4. The third kappa shape index (κ3) is 2.75. The summed E-state index contributed by atoms with van der Waals surface area (Å²) in [5.41, 5.74) is 3.76. The predicted molar refractivity (Wildman–Crippen MR) is 109 cm³/mol. The van der Waals surface area contributed by atoms with Gasteiger partial charge in [0, 0.05) is 11.6 Å². The van der Waals surface area contributed by atoms with Gasteiger partial charge in [-0.25, -0.2) is 0 Å². The smallest absolute Gasteiger partial charge is 0.335 e. The van der Waals surface area contributed by atoms with Crippen LogP contribution in [0.3, 0.4) is 0 Å². The van der Waals surface area contributed by atoms with E-state index in [9.17, 15) is 10.1 Å². The Morgan fingerprint density at radius 2 is 1.43 bits per heavy atom. The van der Waals surface area contributed by atoms with Crippen molar-refractivity contribution < 1.29 is 14.4 Å². The number of nitro groups is 1. The van der Waals surface area contributed by atoms with Crippen molar-refractivity contribution in [1.82, 2.24) is 4.98 Å². The molecule has 4 aromatic rings. The highest BCUT2D eigenvalue weighted by Crippen LogP contribution is 2.48. The molecule has 6 nitrogen and oxygen atoms in total. The number of methoxy groups -OCH3 is 2. The molecular weight excluding hydrogens is 356 g/mol. The highest BCUT2D eigenvalue weighted by molar-refractivity contribution is 6.11. The fourth-order valence-corrected chi connectivity index (χ4v) is 3.52. The Morgan fingerprint density at radius 1 is 0.857 bits per heavy atom. The van der Waals surface area contributed by atoms with Crippen LogP contribution in [0.25, 0.3) is 33.3 Å². The Labute approximate surface area is 161 Å². The Bertz CT molecular complexity index is 1150. The van der Waals surface area contributed by atoms with E-state index in [0.29, 0.717) is 16.7 Å². The number of hydrogen-bond donors (Lipinski definition) is 1. The normalized spacial score (nSPS) is 10.8. The zero-order chi connectivity index (χ0) is 19.7. The first-order valence-corrected chi connectivity index (χ1v) is 8.71. The number of aromatic amines is 1. The first-order chi connectivity index (χ1) is 13.7. The van der Waals surface area contributed by atoms with E-state index in [1.54, 1.807) is 13.2 Å². The van der Waals surface area contributed by atoms with Crippen molar-refractivity contribution in [2.45, 2.75) is 0 Å².